The van der Waals surface area contributed by atoms with Gasteiger partial charge in [-0.25, -0.2) is 0 Å². The Kier molecular flexibility index (Phi) is 11.3. The van der Waals surface area contributed by atoms with Crippen LogP contribution < -0.4 is 35.3 Å². The molecule has 6 heteroatoms. The molecule has 0 bridgehead atoms. The van der Waals surface area contributed by atoms with Crippen molar-refractivity contribution in [3.63, 3.8) is 0 Å². The van der Waals surface area contributed by atoms with E-state index in [1.165, 1.54) is 49.2 Å². The fourth-order valence-corrected chi connectivity index (χ4v) is 7.64. The summed E-state index contributed by atoms with van der Waals surface area (Å²) < 4.78 is 6.20. The van der Waals surface area contributed by atoms with Crippen LogP contribution in [-0.2, 0) is 30.6 Å². The van der Waals surface area contributed by atoms with Gasteiger partial charge in [-0.05, 0) is 46.0 Å². The van der Waals surface area contributed by atoms with Gasteiger partial charge in [-0.3, -0.25) is 0 Å². The Bertz CT molecular complexity index is 1320. The zero-order valence-electron chi connectivity index (χ0n) is 21.4. The third-order valence-electron chi connectivity index (χ3n) is 6.46. The van der Waals surface area contributed by atoms with Gasteiger partial charge >= 0.3 is 26.2 Å². The molecular formula is C28H35Cl2OSi2Zr. The number of rotatable bonds is 6. The van der Waals surface area contributed by atoms with Gasteiger partial charge in [-0.1, -0.05) is 82.7 Å². The van der Waals surface area contributed by atoms with Crippen molar-refractivity contribution in [1.29, 1.82) is 0 Å². The first-order valence-corrected chi connectivity index (χ1v) is 18.1. The molecule has 0 saturated carbocycles. The second-order valence-corrected chi connectivity index (χ2v) is 20.1. The SMILES string of the molecule is CC(C)=c1ccc2c(c1C1=CC([Si](C)(C)CCO[Si](C)(C)C)=CC1)[C-]=c1ccccc1=2.[Cl-].[Cl-].[Zr+3]. The van der Waals surface area contributed by atoms with Gasteiger partial charge < -0.3 is 29.2 Å². The van der Waals surface area contributed by atoms with Gasteiger partial charge in [0.25, 0.3) is 0 Å². The fraction of sp³-hybridized carbons (Fsp3) is 0.357. The minimum Gasteiger partial charge on any atom is -1.00 e. The molecule has 0 aliphatic heterocycles. The van der Waals surface area contributed by atoms with E-state index in [-0.39, 0.29) is 51.0 Å². The summed E-state index contributed by atoms with van der Waals surface area (Å²) in [5, 5.41) is 6.79. The van der Waals surface area contributed by atoms with Crippen LogP contribution in [0.25, 0.3) is 17.2 Å². The third-order valence-corrected chi connectivity index (χ3v) is 10.9. The summed E-state index contributed by atoms with van der Waals surface area (Å²) in [6.45, 7) is 17.2. The van der Waals surface area contributed by atoms with E-state index in [1.54, 1.807) is 5.20 Å². The molecule has 0 atom stereocenters. The summed E-state index contributed by atoms with van der Waals surface area (Å²) in [5.41, 5.74) is 5.49. The molecule has 179 valence electrons. The van der Waals surface area contributed by atoms with E-state index in [2.05, 4.69) is 101 Å². The van der Waals surface area contributed by atoms with E-state index in [9.17, 15) is 0 Å². The summed E-state index contributed by atoms with van der Waals surface area (Å²) in [7, 11) is -2.97. The first-order valence-electron chi connectivity index (χ1n) is 11.5. The van der Waals surface area contributed by atoms with E-state index >= 15 is 0 Å². The molecule has 0 saturated heterocycles. The predicted molar refractivity (Wildman–Crippen MR) is 139 cm³/mol. The Morgan fingerprint density at radius 3 is 2.26 bits per heavy atom. The van der Waals surface area contributed by atoms with Crippen molar-refractivity contribution in [2.45, 2.75) is 59.0 Å². The molecule has 0 N–H and O–H groups in total. The molecule has 4 rings (SSSR count). The van der Waals surface area contributed by atoms with E-state index in [0.717, 1.165) is 13.0 Å². The van der Waals surface area contributed by atoms with Crippen molar-refractivity contribution >= 4 is 33.6 Å². The Morgan fingerprint density at radius 1 is 0.941 bits per heavy atom. The van der Waals surface area contributed by atoms with Crippen LogP contribution in [0.15, 0.2) is 53.7 Å². The number of hydrogen-bond acceptors (Lipinski definition) is 1. The van der Waals surface area contributed by atoms with Gasteiger partial charge in [-0.15, -0.1) is 33.4 Å². The van der Waals surface area contributed by atoms with Crippen molar-refractivity contribution in [2.24, 2.45) is 0 Å². The largest absolute Gasteiger partial charge is 3.00 e. The van der Waals surface area contributed by atoms with E-state index in [1.807, 2.05) is 0 Å². The smallest absolute Gasteiger partial charge is 1.00 e. The molecule has 2 aliphatic carbocycles. The van der Waals surface area contributed by atoms with Crippen molar-refractivity contribution in [2.75, 3.05) is 6.61 Å². The van der Waals surface area contributed by atoms with Gasteiger partial charge in [0.2, 0.25) is 0 Å². The number of halogens is 2. The number of allylic oxidation sites excluding steroid dienone is 4. The average molecular weight is 606 g/mol. The summed E-state index contributed by atoms with van der Waals surface area (Å²) in [4.78, 5) is 0. The van der Waals surface area contributed by atoms with Crippen molar-refractivity contribution < 1.29 is 55.4 Å². The van der Waals surface area contributed by atoms with Crippen LogP contribution in [-0.4, -0.2) is 23.0 Å². The Labute approximate surface area is 238 Å². The minimum absolute atomic E-state index is 0. The van der Waals surface area contributed by atoms with Crippen LogP contribution in [0.3, 0.4) is 0 Å². The maximum atomic E-state index is 6.20. The molecule has 2 aliphatic rings. The molecule has 1 nitrogen and oxygen atoms in total. The average Bonchev–Trinajstić information content (AvgIpc) is 3.31. The van der Waals surface area contributed by atoms with Crippen molar-refractivity contribution in [3.05, 3.63) is 85.7 Å². The van der Waals surface area contributed by atoms with E-state index in [0.29, 0.717) is 0 Å². The van der Waals surface area contributed by atoms with Crippen LogP contribution in [0, 0.1) is 10.4 Å². The molecule has 2 aromatic carbocycles. The summed E-state index contributed by atoms with van der Waals surface area (Å²) in [6.07, 6.45) is 9.76. The second-order valence-electron chi connectivity index (χ2n) is 10.7. The summed E-state index contributed by atoms with van der Waals surface area (Å²) >= 11 is 0. The maximum absolute atomic E-state index is 6.20. The fourth-order valence-electron chi connectivity index (χ4n) is 4.60. The second kappa shape index (κ2) is 12.2. The maximum Gasteiger partial charge on any atom is 3.00 e. The van der Waals surface area contributed by atoms with E-state index in [4.69, 9.17) is 4.43 Å². The summed E-state index contributed by atoms with van der Waals surface area (Å²) in [5.74, 6) is 0. The number of benzene rings is 2. The number of fused-ring (bicyclic) bond motifs is 2. The first kappa shape index (κ1) is 31.5. The van der Waals surface area contributed by atoms with Crippen LogP contribution >= 0.6 is 0 Å². The Morgan fingerprint density at radius 2 is 1.62 bits per heavy atom. The topological polar surface area (TPSA) is 9.23 Å². The van der Waals surface area contributed by atoms with E-state index < -0.39 is 16.4 Å². The quantitative estimate of drug-likeness (QED) is 0.284. The molecule has 0 amide bonds. The molecule has 0 heterocycles. The van der Waals surface area contributed by atoms with Crippen molar-refractivity contribution in [1.82, 2.24) is 0 Å². The zero-order valence-corrected chi connectivity index (χ0v) is 27.4. The summed E-state index contributed by atoms with van der Waals surface area (Å²) in [6, 6.07) is 14.4. The van der Waals surface area contributed by atoms with Crippen LogP contribution in [0.1, 0.15) is 31.4 Å². The molecule has 34 heavy (non-hydrogen) atoms. The molecule has 0 aromatic heterocycles. The van der Waals surface area contributed by atoms with Gasteiger partial charge in [0.15, 0.2) is 8.32 Å². The van der Waals surface area contributed by atoms with Crippen LogP contribution in [0.2, 0.25) is 38.8 Å². The van der Waals surface area contributed by atoms with Gasteiger partial charge in [0.05, 0.1) is 8.07 Å². The van der Waals surface area contributed by atoms with Crippen LogP contribution in [0.5, 0.6) is 0 Å². The molecule has 0 unspecified atom stereocenters. The van der Waals surface area contributed by atoms with Crippen LogP contribution in [0.4, 0.5) is 0 Å². The predicted octanol–water partition coefficient (Wildman–Crippen LogP) is 0.00138. The molecular weight excluding hydrogens is 571 g/mol. The minimum atomic E-state index is -1.52. The monoisotopic (exact) mass is 603 g/mol. The van der Waals surface area contributed by atoms with Gasteiger partial charge in [0, 0.05) is 6.61 Å². The number of hydrogen-bond donors (Lipinski definition) is 0. The van der Waals surface area contributed by atoms with Crippen molar-refractivity contribution in [3.8, 4) is 0 Å². The Hall–Kier alpha value is -0.483. The third kappa shape index (κ3) is 6.63. The molecule has 2 aromatic rings. The molecule has 0 spiro atoms. The molecule has 1 radical (unpaired) electrons. The van der Waals surface area contributed by atoms with Gasteiger partial charge in [0.1, 0.15) is 0 Å². The normalized spacial score (nSPS) is 13.9. The first-order chi connectivity index (χ1) is 14.6. The standard InChI is InChI=1S/C28H35OSi2.2ClH.Zr/c1-20(2)24-14-15-26-25-11-9-8-10-21(25)19-27(26)28(24)22-12-13-23(18-22)31(6,7)17-16-29-30(3,4)5;;;/h8-11,13-15,18H,12,16-17H2,1-7H3;2*1H;/q-1;;;+3/p-2. The Balaban J connectivity index is 0.00000193. The van der Waals surface area contributed by atoms with Gasteiger partial charge in [-0.2, -0.15) is 0 Å². The zero-order chi connectivity index (χ0) is 22.4. The molecule has 0 fully saturated rings.